The van der Waals surface area contributed by atoms with E-state index in [1.54, 1.807) is 0 Å². The standard InChI is InChI=1S/C44H28B2N2/c1-47-43-29-9-3-5-15-33(29)45-35-21-23-18-20-26-28-12-8-14-32-42(28)46(34-16-6-4-10-30(34)44(32)48-2)36-22-24-17-19-25(27-11-7-13-31(43)41(27)45)39(35)37(24)38(23)40(26)36/h3-22,43,47H,1-2H3/b48-44-. The van der Waals surface area contributed by atoms with Crippen molar-refractivity contribution in [2.24, 2.45) is 4.99 Å². The number of hydrogen-bond donors (Lipinski definition) is 1. The molecule has 0 fully saturated rings. The first-order chi connectivity index (χ1) is 23.8. The fraction of sp³-hybridized carbons (Fsp3) is 0.0682. The Morgan fingerprint density at radius 1 is 0.479 bits per heavy atom. The first-order valence-electron chi connectivity index (χ1n) is 17.1. The molecule has 1 N–H and O–H groups in total. The van der Waals surface area contributed by atoms with Crippen LogP contribution in [0.1, 0.15) is 28.3 Å². The molecule has 2 nitrogen and oxygen atoms in total. The van der Waals surface area contributed by atoms with E-state index in [9.17, 15) is 0 Å². The molecule has 0 aromatic heterocycles. The number of benzene rings is 8. The molecule has 8 aromatic carbocycles. The van der Waals surface area contributed by atoms with Gasteiger partial charge in [-0.2, -0.15) is 0 Å². The van der Waals surface area contributed by atoms with Crippen LogP contribution in [0.15, 0.2) is 126 Å². The average molecular weight is 606 g/mol. The fourth-order valence-corrected chi connectivity index (χ4v) is 10.5. The highest BCUT2D eigenvalue weighted by Gasteiger charge is 2.43. The summed E-state index contributed by atoms with van der Waals surface area (Å²) >= 11 is 0. The van der Waals surface area contributed by atoms with Crippen LogP contribution in [0.2, 0.25) is 0 Å². The zero-order valence-corrected chi connectivity index (χ0v) is 26.7. The largest absolute Gasteiger partial charge is 0.309 e. The first kappa shape index (κ1) is 25.6. The molecule has 8 aromatic rings. The Morgan fingerprint density at radius 3 is 1.75 bits per heavy atom. The second-order valence-corrected chi connectivity index (χ2v) is 14.1. The molecule has 0 aliphatic carbocycles. The minimum Gasteiger partial charge on any atom is -0.309 e. The van der Waals surface area contributed by atoms with Crippen molar-refractivity contribution in [2.75, 3.05) is 14.1 Å². The number of rotatable bonds is 1. The van der Waals surface area contributed by atoms with E-state index in [0.29, 0.717) is 0 Å². The van der Waals surface area contributed by atoms with E-state index in [0.717, 1.165) is 5.71 Å². The second kappa shape index (κ2) is 8.72. The highest BCUT2D eigenvalue weighted by molar-refractivity contribution is 7.02. The van der Waals surface area contributed by atoms with E-state index in [4.69, 9.17) is 4.99 Å². The number of nitrogens with one attached hydrogen (secondary N) is 1. The van der Waals surface area contributed by atoms with Gasteiger partial charge in [0.15, 0.2) is 0 Å². The summed E-state index contributed by atoms with van der Waals surface area (Å²) in [7, 11) is 4.03. The third kappa shape index (κ3) is 2.80. The Balaban J connectivity index is 1.26. The van der Waals surface area contributed by atoms with Crippen molar-refractivity contribution >= 4 is 84.2 Å². The molecule has 1 atom stereocenters. The highest BCUT2D eigenvalue weighted by atomic mass is 14.9. The maximum atomic E-state index is 4.86. The van der Waals surface area contributed by atoms with Gasteiger partial charge in [0, 0.05) is 7.05 Å². The third-order valence-electron chi connectivity index (χ3n) is 12.2. The minimum absolute atomic E-state index is 0.165. The van der Waals surface area contributed by atoms with Gasteiger partial charge in [-0.1, -0.05) is 154 Å². The molecule has 0 radical (unpaired) electrons. The van der Waals surface area contributed by atoms with Gasteiger partial charge in [0.1, 0.15) is 0 Å². The van der Waals surface area contributed by atoms with Gasteiger partial charge in [-0.05, 0) is 83.9 Å². The number of fused-ring (bicyclic) bond motifs is 8. The fourth-order valence-electron chi connectivity index (χ4n) is 10.5. The molecule has 0 amide bonds. The lowest BCUT2D eigenvalue weighted by Crippen LogP contribution is -2.61. The SMILES string of the molecule is C/N=C1/c2ccccc2B2c3c1cccc3-c1ccc3cc4c5c(ccc6cc2c1c3c65)-c1cccc2c1B4c1ccccc1C2NC. The summed E-state index contributed by atoms with van der Waals surface area (Å²) in [5.41, 5.74) is 20.4. The Kier molecular flexibility index (Phi) is 4.65. The number of nitrogens with zero attached hydrogens (tertiary/aromatic N) is 1. The monoisotopic (exact) mass is 606 g/mol. The lowest BCUT2D eigenvalue weighted by molar-refractivity contribution is 0.696. The molecule has 48 heavy (non-hydrogen) atoms. The number of hydrogen-bond acceptors (Lipinski definition) is 2. The van der Waals surface area contributed by atoms with Crippen molar-refractivity contribution in [2.45, 2.75) is 6.04 Å². The molecular weight excluding hydrogens is 578 g/mol. The summed E-state index contributed by atoms with van der Waals surface area (Å²) in [6, 6.07) is 46.8. The van der Waals surface area contributed by atoms with Crippen molar-refractivity contribution in [1.82, 2.24) is 5.32 Å². The zero-order valence-electron chi connectivity index (χ0n) is 26.7. The lowest BCUT2D eigenvalue weighted by atomic mass is 9.29. The highest BCUT2D eigenvalue weighted by Crippen LogP contribution is 2.45. The minimum atomic E-state index is 0.165. The van der Waals surface area contributed by atoms with Gasteiger partial charge in [-0.25, -0.2) is 0 Å². The van der Waals surface area contributed by atoms with Crippen LogP contribution in [-0.2, 0) is 0 Å². The summed E-state index contributed by atoms with van der Waals surface area (Å²) in [5, 5.41) is 12.0. The van der Waals surface area contributed by atoms with Crippen molar-refractivity contribution in [3.63, 3.8) is 0 Å². The van der Waals surface area contributed by atoms with Crippen molar-refractivity contribution in [1.29, 1.82) is 0 Å². The smallest absolute Gasteiger partial charge is 0.244 e. The molecule has 4 aliphatic rings. The Labute approximate surface area is 279 Å². The maximum absolute atomic E-state index is 4.86. The van der Waals surface area contributed by atoms with E-state index in [2.05, 4.69) is 134 Å². The second-order valence-electron chi connectivity index (χ2n) is 14.1. The molecule has 4 heterocycles. The predicted molar refractivity (Wildman–Crippen MR) is 206 cm³/mol. The predicted octanol–water partition coefficient (Wildman–Crippen LogP) is 4.98. The van der Waals surface area contributed by atoms with Gasteiger partial charge in [0.05, 0.1) is 11.8 Å². The molecule has 4 aliphatic heterocycles. The Bertz CT molecular complexity index is 2810. The van der Waals surface area contributed by atoms with E-state index in [1.165, 1.54) is 110 Å². The molecule has 1 unspecified atom stereocenters. The van der Waals surface area contributed by atoms with E-state index in [-0.39, 0.29) is 19.5 Å². The van der Waals surface area contributed by atoms with Crippen LogP contribution >= 0.6 is 0 Å². The van der Waals surface area contributed by atoms with E-state index in [1.807, 2.05) is 7.05 Å². The average Bonchev–Trinajstić information content (AvgIpc) is 3.14. The van der Waals surface area contributed by atoms with Crippen LogP contribution < -0.4 is 38.1 Å². The van der Waals surface area contributed by atoms with Crippen LogP contribution in [-0.4, -0.2) is 33.2 Å². The topological polar surface area (TPSA) is 24.4 Å². The van der Waals surface area contributed by atoms with Crippen LogP contribution in [0.25, 0.3) is 54.6 Å². The van der Waals surface area contributed by atoms with Crippen molar-refractivity contribution < 1.29 is 0 Å². The van der Waals surface area contributed by atoms with Gasteiger partial charge in [-0.15, -0.1) is 0 Å². The Hall–Kier alpha value is -5.44. The van der Waals surface area contributed by atoms with Gasteiger partial charge in [-0.3, -0.25) is 4.99 Å². The van der Waals surface area contributed by atoms with Gasteiger partial charge >= 0.3 is 0 Å². The van der Waals surface area contributed by atoms with Crippen LogP contribution in [0.4, 0.5) is 0 Å². The molecular formula is C44H28B2N2. The molecule has 12 rings (SSSR count). The molecule has 4 heteroatoms. The summed E-state index contributed by atoms with van der Waals surface area (Å²) in [6.45, 7) is 0.365. The van der Waals surface area contributed by atoms with E-state index >= 15 is 0 Å². The van der Waals surface area contributed by atoms with Gasteiger partial charge in [0.2, 0.25) is 13.4 Å². The number of aliphatic imine (C=N–C) groups is 1. The van der Waals surface area contributed by atoms with E-state index < -0.39 is 0 Å². The van der Waals surface area contributed by atoms with Crippen molar-refractivity contribution in [3.05, 3.63) is 144 Å². The quantitative estimate of drug-likeness (QED) is 0.207. The summed E-state index contributed by atoms with van der Waals surface area (Å²) in [6.07, 6.45) is 0. The first-order valence-corrected chi connectivity index (χ1v) is 17.1. The molecule has 0 bridgehead atoms. The van der Waals surface area contributed by atoms with Gasteiger partial charge < -0.3 is 5.32 Å². The maximum Gasteiger partial charge on any atom is 0.244 e. The zero-order chi connectivity index (χ0) is 31.4. The summed E-state index contributed by atoms with van der Waals surface area (Å²) in [5.74, 6) is 0. The Morgan fingerprint density at radius 2 is 1.04 bits per heavy atom. The summed E-state index contributed by atoms with van der Waals surface area (Å²) < 4.78 is 0. The van der Waals surface area contributed by atoms with Crippen LogP contribution in [0.5, 0.6) is 0 Å². The van der Waals surface area contributed by atoms with Crippen LogP contribution in [0, 0.1) is 0 Å². The van der Waals surface area contributed by atoms with Crippen molar-refractivity contribution in [3.8, 4) is 22.3 Å². The molecule has 0 saturated carbocycles. The van der Waals surface area contributed by atoms with Crippen LogP contribution in [0.3, 0.4) is 0 Å². The molecule has 0 spiro atoms. The lowest BCUT2D eigenvalue weighted by Gasteiger charge is -2.39. The third-order valence-corrected chi connectivity index (χ3v) is 12.2. The van der Waals surface area contributed by atoms with Gasteiger partial charge in [0.25, 0.3) is 0 Å². The molecule has 220 valence electrons. The normalized spacial score (nSPS) is 16.8. The molecule has 0 saturated heterocycles. The summed E-state index contributed by atoms with van der Waals surface area (Å²) in [4.78, 5) is 4.86.